The molecule has 4 unspecified atom stereocenters. The predicted octanol–water partition coefficient (Wildman–Crippen LogP) is 4.71. The molecule has 6 atom stereocenters. The molecule has 0 amide bonds. The van der Waals surface area contributed by atoms with E-state index in [2.05, 4.69) is 19.0 Å². The summed E-state index contributed by atoms with van der Waals surface area (Å²) in [5.41, 5.74) is 7.03. The van der Waals surface area contributed by atoms with Crippen LogP contribution in [-0.4, -0.2) is 23.6 Å². The molecule has 27 heavy (non-hydrogen) atoms. The number of nitrogens with two attached hydrogens (primary N) is 1. The quantitative estimate of drug-likeness (QED) is 0.728. The van der Waals surface area contributed by atoms with Crippen LogP contribution in [0.1, 0.15) is 85.5 Å². The molecule has 0 aromatic carbocycles. The minimum Gasteiger partial charge on any atom is -0.389 e. The van der Waals surface area contributed by atoms with Gasteiger partial charge in [-0.25, -0.2) is 0 Å². The van der Waals surface area contributed by atoms with Crippen LogP contribution < -0.4 is 5.73 Å². The normalized spacial score (nSPS) is 46.0. The molecule has 0 bridgehead atoms. The van der Waals surface area contributed by atoms with E-state index in [4.69, 9.17) is 10.6 Å². The molecule has 152 valence electrons. The average Bonchev–Trinajstić information content (AvgIpc) is 2.95. The van der Waals surface area contributed by atoms with Gasteiger partial charge >= 0.3 is 0 Å². The summed E-state index contributed by atoms with van der Waals surface area (Å²) in [7, 11) is 0. The molecule has 4 fully saturated rings. The number of nitrogens with zero attached hydrogens (tertiary/aromatic N) is 1. The van der Waals surface area contributed by atoms with Crippen LogP contribution in [0, 0.1) is 34.5 Å². The molecule has 4 aliphatic rings. The van der Waals surface area contributed by atoms with Crippen LogP contribution in [0.25, 0.3) is 0 Å². The highest BCUT2D eigenvalue weighted by atomic mass is 16.6. The monoisotopic (exact) mass is 374 g/mol. The van der Waals surface area contributed by atoms with Crippen LogP contribution in [0.3, 0.4) is 0 Å². The fraction of sp³-hybridized carbons (Fsp3) is 0.913. The summed E-state index contributed by atoms with van der Waals surface area (Å²) in [5.74, 6) is 3.48. The first-order valence-corrected chi connectivity index (χ1v) is 11.2. The van der Waals surface area contributed by atoms with Gasteiger partial charge in [0.2, 0.25) is 0 Å². The van der Waals surface area contributed by atoms with Crippen LogP contribution in [0.15, 0.2) is 5.16 Å². The molecule has 0 saturated heterocycles. The number of Topliss-reactive ketones (excluding diaryl/α,β-unsaturated/α-hetero) is 1. The van der Waals surface area contributed by atoms with Gasteiger partial charge in [0.05, 0.1) is 5.71 Å². The SMILES string of the molecule is CC(C)(CN)O/N=C1\CC[C@@]2(C)C(CCC3C2CC[C@]2(C)C(=O)CCC32)C1. The van der Waals surface area contributed by atoms with Gasteiger partial charge in [-0.3, -0.25) is 4.79 Å². The van der Waals surface area contributed by atoms with Gasteiger partial charge in [-0.05, 0) is 94.3 Å². The summed E-state index contributed by atoms with van der Waals surface area (Å²) in [6.45, 7) is 9.30. The van der Waals surface area contributed by atoms with Crippen molar-refractivity contribution in [1.82, 2.24) is 0 Å². The van der Waals surface area contributed by atoms with E-state index in [1.165, 1.54) is 31.4 Å². The van der Waals surface area contributed by atoms with Crippen molar-refractivity contribution in [2.24, 2.45) is 45.4 Å². The Kier molecular flexibility index (Phi) is 4.73. The van der Waals surface area contributed by atoms with E-state index in [0.29, 0.717) is 23.7 Å². The van der Waals surface area contributed by atoms with E-state index in [1.54, 1.807) is 0 Å². The fourth-order valence-corrected chi connectivity index (χ4v) is 7.14. The zero-order valence-corrected chi connectivity index (χ0v) is 17.7. The first-order valence-electron chi connectivity index (χ1n) is 11.2. The number of carbonyl (C=O) groups is 1. The third-order valence-corrected chi connectivity index (χ3v) is 9.12. The van der Waals surface area contributed by atoms with Crippen molar-refractivity contribution >= 4 is 11.5 Å². The smallest absolute Gasteiger partial charge is 0.144 e. The Balaban J connectivity index is 1.49. The van der Waals surface area contributed by atoms with Gasteiger partial charge in [0.25, 0.3) is 0 Å². The molecule has 4 aliphatic carbocycles. The Morgan fingerprint density at radius 1 is 1.11 bits per heavy atom. The summed E-state index contributed by atoms with van der Waals surface area (Å²) in [6, 6.07) is 0. The maximum Gasteiger partial charge on any atom is 0.144 e. The molecule has 4 saturated carbocycles. The maximum atomic E-state index is 12.5. The lowest BCUT2D eigenvalue weighted by atomic mass is 9.45. The van der Waals surface area contributed by atoms with Crippen LogP contribution in [0.2, 0.25) is 0 Å². The third kappa shape index (κ3) is 3.07. The number of hydrogen-bond donors (Lipinski definition) is 1. The highest BCUT2D eigenvalue weighted by Gasteiger charge is 2.60. The van der Waals surface area contributed by atoms with E-state index in [-0.39, 0.29) is 11.0 Å². The summed E-state index contributed by atoms with van der Waals surface area (Å²) >= 11 is 0. The molecule has 4 rings (SSSR count). The van der Waals surface area contributed by atoms with Crippen LogP contribution >= 0.6 is 0 Å². The topological polar surface area (TPSA) is 64.7 Å². The number of fused-ring (bicyclic) bond motifs is 5. The van der Waals surface area contributed by atoms with Crippen molar-refractivity contribution in [2.45, 2.75) is 91.1 Å². The number of rotatable bonds is 3. The first-order chi connectivity index (χ1) is 12.7. The molecule has 0 heterocycles. The number of hydrogen-bond acceptors (Lipinski definition) is 4. The summed E-state index contributed by atoms with van der Waals surface area (Å²) in [5, 5.41) is 4.52. The highest BCUT2D eigenvalue weighted by molar-refractivity contribution is 5.87. The van der Waals surface area contributed by atoms with E-state index < -0.39 is 0 Å². The van der Waals surface area contributed by atoms with Gasteiger partial charge in [0, 0.05) is 18.4 Å². The second-order valence-corrected chi connectivity index (χ2v) is 11.0. The largest absolute Gasteiger partial charge is 0.389 e. The minimum absolute atomic E-state index is 0.00665. The Morgan fingerprint density at radius 2 is 1.89 bits per heavy atom. The summed E-state index contributed by atoms with van der Waals surface area (Å²) in [4.78, 5) is 18.3. The lowest BCUT2D eigenvalue weighted by Crippen LogP contribution is -2.53. The zero-order chi connectivity index (χ0) is 19.4. The van der Waals surface area contributed by atoms with Crippen molar-refractivity contribution in [3.8, 4) is 0 Å². The average molecular weight is 375 g/mol. The molecular formula is C23H38N2O2. The van der Waals surface area contributed by atoms with Crippen molar-refractivity contribution in [3.63, 3.8) is 0 Å². The Bertz CT molecular complexity index is 642. The van der Waals surface area contributed by atoms with Crippen molar-refractivity contribution in [2.75, 3.05) is 6.54 Å². The molecule has 0 aromatic heterocycles. The lowest BCUT2D eigenvalue weighted by Gasteiger charge is -2.59. The second-order valence-electron chi connectivity index (χ2n) is 11.0. The second kappa shape index (κ2) is 6.57. The molecule has 0 aliphatic heterocycles. The molecule has 4 heteroatoms. The van der Waals surface area contributed by atoms with E-state index >= 15 is 0 Å². The third-order valence-electron chi connectivity index (χ3n) is 9.12. The van der Waals surface area contributed by atoms with Crippen molar-refractivity contribution in [3.05, 3.63) is 0 Å². The molecule has 0 radical (unpaired) electrons. The van der Waals surface area contributed by atoms with E-state index in [0.717, 1.165) is 49.9 Å². The molecular weight excluding hydrogens is 336 g/mol. The first kappa shape index (κ1) is 19.4. The van der Waals surface area contributed by atoms with Crippen LogP contribution in [0.5, 0.6) is 0 Å². The minimum atomic E-state index is -0.381. The van der Waals surface area contributed by atoms with Crippen LogP contribution in [0.4, 0.5) is 0 Å². The highest BCUT2D eigenvalue weighted by Crippen LogP contribution is 2.65. The van der Waals surface area contributed by atoms with Gasteiger partial charge in [0.1, 0.15) is 11.4 Å². The van der Waals surface area contributed by atoms with Crippen LogP contribution in [-0.2, 0) is 9.63 Å². The molecule has 2 N–H and O–H groups in total. The number of carbonyl (C=O) groups excluding carboxylic acids is 1. The number of oxime groups is 1. The van der Waals surface area contributed by atoms with Gasteiger partial charge in [-0.15, -0.1) is 0 Å². The fourth-order valence-electron chi connectivity index (χ4n) is 7.14. The van der Waals surface area contributed by atoms with Gasteiger partial charge in [0.15, 0.2) is 0 Å². The summed E-state index contributed by atoms with van der Waals surface area (Å²) in [6.07, 6.45) is 10.3. The van der Waals surface area contributed by atoms with Gasteiger partial charge in [-0.2, -0.15) is 0 Å². The van der Waals surface area contributed by atoms with Gasteiger partial charge < -0.3 is 10.6 Å². The Labute approximate surface area is 164 Å². The lowest BCUT2D eigenvalue weighted by molar-refractivity contribution is -0.137. The van der Waals surface area contributed by atoms with E-state index in [9.17, 15) is 4.79 Å². The molecule has 0 spiro atoms. The summed E-state index contributed by atoms with van der Waals surface area (Å²) < 4.78 is 0. The Morgan fingerprint density at radius 3 is 2.63 bits per heavy atom. The molecule has 0 aromatic rings. The van der Waals surface area contributed by atoms with Gasteiger partial charge in [-0.1, -0.05) is 19.0 Å². The molecule has 4 nitrogen and oxygen atoms in total. The number of ketones is 1. The standard InChI is InChI=1S/C23H38N2O2/c1-21(2,14-24)27-25-16-9-11-22(3)15(13-16)5-6-17-18-7-8-20(26)23(18,4)12-10-19(17)22/h15,17-19H,5-14,24H2,1-4H3/b25-16+/t15?,17?,18?,19?,22-,23-/m0/s1. The van der Waals surface area contributed by atoms with E-state index in [1.807, 2.05) is 13.8 Å². The van der Waals surface area contributed by atoms with Crippen molar-refractivity contribution in [1.29, 1.82) is 0 Å². The zero-order valence-electron chi connectivity index (χ0n) is 17.7. The Hall–Kier alpha value is -0.900. The predicted molar refractivity (Wildman–Crippen MR) is 108 cm³/mol. The van der Waals surface area contributed by atoms with Crippen molar-refractivity contribution < 1.29 is 9.63 Å². The maximum absolute atomic E-state index is 12.5.